The highest BCUT2D eigenvalue weighted by Gasteiger charge is 2.57. The molecule has 0 N–H and O–H groups in total. The fourth-order valence-corrected chi connectivity index (χ4v) is 5.35. The van der Waals surface area contributed by atoms with Crippen molar-refractivity contribution in [1.82, 2.24) is 0 Å². The molecule has 0 spiro atoms. The van der Waals surface area contributed by atoms with Gasteiger partial charge in [0.15, 0.2) is 5.41 Å². The van der Waals surface area contributed by atoms with Crippen molar-refractivity contribution in [1.29, 1.82) is 0 Å². The molecule has 0 unspecified atom stereocenters. The lowest BCUT2D eigenvalue weighted by molar-refractivity contribution is -0.171. The molecule has 0 aromatic heterocycles. The molecule has 0 aromatic carbocycles. The number of esters is 2. The van der Waals surface area contributed by atoms with Crippen LogP contribution in [-0.4, -0.2) is 25.2 Å². The van der Waals surface area contributed by atoms with Crippen molar-refractivity contribution in [2.75, 3.05) is 13.2 Å². The van der Waals surface area contributed by atoms with E-state index in [0.29, 0.717) is 6.42 Å². The van der Waals surface area contributed by atoms with E-state index in [2.05, 4.69) is 20.8 Å². The number of carbonyl (C=O) groups excluding carboxylic acids is 2. The molecule has 0 heterocycles. The van der Waals surface area contributed by atoms with Gasteiger partial charge in [-0.25, -0.2) is 0 Å². The van der Waals surface area contributed by atoms with Crippen LogP contribution in [0.2, 0.25) is 0 Å². The summed E-state index contributed by atoms with van der Waals surface area (Å²) in [5.41, 5.74) is -0.0462. The maximum atomic E-state index is 13.0. The van der Waals surface area contributed by atoms with E-state index >= 15 is 0 Å². The molecule has 142 valence electrons. The van der Waals surface area contributed by atoms with Crippen molar-refractivity contribution in [2.45, 2.75) is 73.6 Å². The van der Waals surface area contributed by atoms with Gasteiger partial charge >= 0.3 is 11.9 Å². The second-order valence-electron chi connectivity index (χ2n) is 8.83. The molecule has 0 radical (unpaired) electrons. The van der Waals surface area contributed by atoms with Crippen LogP contribution in [0.15, 0.2) is 11.6 Å². The average molecular weight is 350 g/mol. The molecule has 4 heteroatoms. The monoisotopic (exact) mass is 350 g/mol. The lowest BCUT2D eigenvalue weighted by Gasteiger charge is -2.52. The Morgan fingerprint density at radius 3 is 2.16 bits per heavy atom. The molecular weight excluding hydrogens is 316 g/mol. The summed E-state index contributed by atoms with van der Waals surface area (Å²) in [5, 5.41) is 0. The number of hydrogen-bond donors (Lipinski definition) is 0. The average Bonchev–Trinajstić information content (AvgIpc) is 2.62. The molecule has 1 fully saturated rings. The van der Waals surface area contributed by atoms with E-state index < -0.39 is 17.4 Å². The van der Waals surface area contributed by atoms with Crippen molar-refractivity contribution in [3.63, 3.8) is 0 Å². The molecule has 0 saturated heterocycles. The van der Waals surface area contributed by atoms with Crippen molar-refractivity contribution >= 4 is 11.9 Å². The smallest absolute Gasteiger partial charge is 0.327 e. The predicted octanol–water partition coefficient (Wildman–Crippen LogP) is 4.67. The van der Waals surface area contributed by atoms with Crippen LogP contribution in [-0.2, 0) is 19.1 Å². The number of hydrogen-bond acceptors (Lipinski definition) is 4. The van der Waals surface area contributed by atoms with Gasteiger partial charge in [0, 0.05) is 0 Å². The summed E-state index contributed by atoms with van der Waals surface area (Å²) in [6.07, 6.45) is 6.69. The van der Waals surface area contributed by atoms with Gasteiger partial charge in [-0.05, 0) is 63.2 Å². The lowest BCUT2D eigenvalue weighted by Crippen LogP contribution is -2.48. The quantitative estimate of drug-likeness (QED) is 0.420. The minimum absolute atomic E-state index is 0.0791. The molecule has 2 aliphatic rings. The van der Waals surface area contributed by atoms with Gasteiger partial charge < -0.3 is 9.47 Å². The normalized spacial score (nSPS) is 30.5. The highest BCUT2D eigenvalue weighted by atomic mass is 16.6. The molecule has 2 atom stereocenters. The molecule has 0 bridgehead atoms. The first-order chi connectivity index (χ1) is 11.6. The van der Waals surface area contributed by atoms with Crippen LogP contribution in [0.25, 0.3) is 0 Å². The second kappa shape index (κ2) is 7.13. The Bertz CT molecular complexity index is 542. The number of fused-ring (bicyclic) bond motifs is 1. The molecular formula is C21H34O4. The maximum absolute atomic E-state index is 13.0. The molecule has 2 aliphatic carbocycles. The maximum Gasteiger partial charge on any atom is 0.327 e. The van der Waals surface area contributed by atoms with Crippen molar-refractivity contribution < 1.29 is 19.1 Å². The summed E-state index contributed by atoms with van der Waals surface area (Å²) in [5.74, 6) is -0.659. The van der Waals surface area contributed by atoms with Crippen LogP contribution in [0.3, 0.4) is 0 Å². The first kappa shape index (κ1) is 20.0. The zero-order chi connectivity index (χ0) is 18.9. The molecule has 0 amide bonds. The predicted molar refractivity (Wildman–Crippen MR) is 97.9 cm³/mol. The molecule has 0 aromatic rings. The summed E-state index contributed by atoms with van der Waals surface area (Å²) in [6, 6.07) is 0. The van der Waals surface area contributed by atoms with Crippen LogP contribution in [0.4, 0.5) is 0 Å². The zero-order valence-electron chi connectivity index (χ0n) is 16.7. The topological polar surface area (TPSA) is 52.6 Å². The van der Waals surface area contributed by atoms with Gasteiger partial charge in [-0.15, -0.1) is 0 Å². The van der Waals surface area contributed by atoms with E-state index in [-0.39, 0.29) is 30.0 Å². The van der Waals surface area contributed by atoms with Gasteiger partial charge in [0.25, 0.3) is 0 Å². The Kier molecular flexibility index (Phi) is 5.70. The minimum atomic E-state index is -1.31. The largest absolute Gasteiger partial charge is 0.465 e. The fraction of sp³-hybridized carbons (Fsp3) is 0.810. The van der Waals surface area contributed by atoms with Gasteiger partial charge in [0.1, 0.15) is 0 Å². The van der Waals surface area contributed by atoms with Crippen LogP contribution in [0.1, 0.15) is 73.6 Å². The van der Waals surface area contributed by atoms with Gasteiger partial charge in [-0.1, -0.05) is 38.8 Å². The first-order valence-electron chi connectivity index (χ1n) is 9.64. The van der Waals surface area contributed by atoms with Crippen molar-refractivity contribution in [3.8, 4) is 0 Å². The summed E-state index contributed by atoms with van der Waals surface area (Å²) < 4.78 is 10.7. The molecule has 4 nitrogen and oxygen atoms in total. The molecule has 25 heavy (non-hydrogen) atoms. The van der Waals surface area contributed by atoms with Crippen LogP contribution < -0.4 is 0 Å². The van der Waals surface area contributed by atoms with Crippen LogP contribution in [0, 0.1) is 22.2 Å². The summed E-state index contributed by atoms with van der Waals surface area (Å²) in [4.78, 5) is 25.9. The van der Waals surface area contributed by atoms with E-state index in [1.165, 1.54) is 6.42 Å². The zero-order valence-corrected chi connectivity index (χ0v) is 16.7. The Labute approximate surface area is 152 Å². The van der Waals surface area contributed by atoms with Crippen molar-refractivity contribution in [3.05, 3.63) is 11.6 Å². The third-order valence-electron chi connectivity index (χ3n) is 6.33. The number of allylic oxidation sites excluding steroid dienone is 1. The third-order valence-corrected chi connectivity index (χ3v) is 6.33. The van der Waals surface area contributed by atoms with Gasteiger partial charge in [0.05, 0.1) is 13.2 Å². The van der Waals surface area contributed by atoms with Crippen LogP contribution >= 0.6 is 0 Å². The highest BCUT2D eigenvalue weighted by molar-refractivity contribution is 6.02. The van der Waals surface area contributed by atoms with E-state index in [1.807, 2.05) is 13.0 Å². The van der Waals surface area contributed by atoms with E-state index in [4.69, 9.17) is 9.47 Å². The standard InChI is InChI=1S/C21H34O4/c1-7-24-17(22)21(18(23)25-8-2)13-15(3)12-20(6)11-9-10-19(4,5)16(20)14-21/h13,16H,7-12,14H2,1-6H3/t16-,20+/m1/s1. The molecule has 0 aliphatic heterocycles. The summed E-state index contributed by atoms with van der Waals surface area (Å²) in [6.45, 7) is 13.0. The Balaban J connectivity index is 2.56. The first-order valence-corrected chi connectivity index (χ1v) is 9.64. The molecule has 2 rings (SSSR count). The van der Waals surface area contributed by atoms with Gasteiger partial charge in [-0.3, -0.25) is 9.59 Å². The Morgan fingerprint density at radius 1 is 1.08 bits per heavy atom. The van der Waals surface area contributed by atoms with Gasteiger partial charge in [0.2, 0.25) is 0 Å². The Hall–Kier alpha value is -1.32. The minimum Gasteiger partial charge on any atom is -0.465 e. The lowest BCUT2D eigenvalue weighted by atomic mass is 9.53. The summed E-state index contributed by atoms with van der Waals surface area (Å²) >= 11 is 0. The van der Waals surface area contributed by atoms with Crippen LogP contribution in [0.5, 0.6) is 0 Å². The van der Waals surface area contributed by atoms with Crippen molar-refractivity contribution in [2.24, 2.45) is 22.2 Å². The fourth-order valence-electron chi connectivity index (χ4n) is 5.35. The third kappa shape index (κ3) is 3.63. The highest BCUT2D eigenvalue weighted by Crippen LogP contribution is 2.59. The molecule has 1 saturated carbocycles. The van der Waals surface area contributed by atoms with Gasteiger partial charge in [-0.2, -0.15) is 0 Å². The second-order valence-corrected chi connectivity index (χ2v) is 8.83. The summed E-state index contributed by atoms with van der Waals surface area (Å²) in [7, 11) is 0. The Morgan fingerprint density at radius 2 is 1.64 bits per heavy atom. The number of ether oxygens (including phenoxy) is 2. The SMILES string of the molecule is CCOC(=O)C1(C(=O)OCC)C=C(C)C[C@]2(C)CCCC(C)(C)[C@H]2C1. The number of rotatable bonds is 4. The van der Waals surface area contributed by atoms with E-state index in [1.54, 1.807) is 13.8 Å². The number of carbonyl (C=O) groups is 2. The van der Waals surface area contributed by atoms with E-state index in [9.17, 15) is 9.59 Å². The van der Waals surface area contributed by atoms with E-state index in [0.717, 1.165) is 24.8 Å².